The molecule has 0 unspecified atom stereocenters. The predicted molar refractivity (Wildman–Crippen MR) is 78.5 cm³/mol. The van der Waals surface area contributed by atoms with Crippen molar-refractivity contribution in [2.24, 2.45) is 0 Å². The van der Waals surface area contributed by atoms with Gasteiger partial charge in [0.05, 0.1) is 6.54 Å². The van der Waals surface area contributed by atoms with Crippen LogP contribution in [0.3, 0.4) is 0 Å². The number of amides is 1. The highest BCUT2D eigenvalue weighted by molar-refractivity contribution is 7.86. The molecule has 7 nitrogen and oxygen atoms in total. The number of carbonyl (C=O) groups is 1. The van der Waals surface area contributed by atoms with E-state index in [1.165, 1.54) is 8.61 Å². The molecule has 8 heteroatoms. The molecule has 0 aromatic heterocycles. The molecule has 118 valence electrons. The van der Waals surface area contributed by atoms with Crippen molar-refractivity contribution in [3.63, 3.8) is 0 Å². The van der Waals surface area contributed by atoms with Gasteiger partial charge in [-0.05, 0) is 12.8 Å². The second-order valence-electron chi connectivity index (χ2n) is 4.84. The van der Waals surface area contributed by atoms with Gasteiger partial charge in [0.15, 0.2) is 0 Å². The van der Waals surface area contributed by atoms with Crippen molar-refractivity contribution >= 4 is 16.1 Å². The lowest BCUT2D eigenvalue weighted by molar-refractivity contribution is -0.121. The Morgan fingerprint density at radius 2 is 1.90 bits per heavy atom. The second-order valence-corrected chi connectivity index (χ2v) is 6.77. The molecule has 1 rings (SSSR count). The molecular formula is C12H26N4O3S. The van der Waals surface area contributed by atoms with Crippen LogP contribution in [0.5, 0.6) is 0 Å². The summed E-state index contributed by atoms with van der Waals surface area (Å²) < 4.78 is 27.8. The first kappa shape index (κ1) is 17.4. The van der Waals surface area contributed by atoms with E-state index >= 15 is 0 Å². The molecule has 1 aliphatic rings. The average molecular weight is 306 g/mol. The zero-order valence-electron chi connectivity index (χ0n) is 12.4. The summed E-state index contributed by atoms with van der Waals surface area (Å²) in [6.45, 7) is 6.94. The van der Waals surface area contributed by atoms with Crippen LogP contribution in [0.4, 0.5) is 0 Å². The molecule has 0 aliphatic carbocycles. The average Bonchev–Trinajstić information content (AvgIpc) is 2.45. The first-order valence-corrected chi connectivity index (χ1v) is 8.64. The highest BCUT2D eigenvalue weighted by Gasteiger charge is 2.31. The van der Waals surface area contributed by atoms with Crippen LogP contribution in [0.2, 0.25) is 0 Å². The van der Waals surface area contributed by atoms with Gasteiger partial charge in [0, 0.05) is 39.3 Å². The fourth-order valence-electron chi connectivity index (χ4n) is 2.04. The zero-order chi connectivity index (χ0) is 15.0. The lowest BCUT2D eigenvalue weighted by atomic mass is 10.4. The maximum absolute atomic E-state index is 12.5. The van der Waals surface area contributed by atoms with Gasteiger partial charge in [-0.25, -0.2) is 0 Å². The van der Waals surface area contributed by atoms with Crippen LogP contribution in [-0.2, 0) is 15.0 Å². The summed E-state index contributed by atoms with van der Waals surface area (Å²) in [5.74, 6) is -0.237. The molecule has 0 saturated carbocycles. The monoisotopic (exact) mass is 306 g/mol. The van der Waals surface area contributed by atoms with Crippen LogP contribution < -0.4 is 10.6 Å². The Kier molecular flexibility index (Phi) is 7.42. The lowest BCUT2D eigenvalue weighted by Crippen LogP contribution is -2.53. The number of nitrogens with zero attached hydrogens (tertiary/aromatic N) is 2. The van der Waals surface area contributed by atoms with E-state index in [0.717, 1.165) is 6.42 Å². The maximum Gasteiger partial charge on any atom is 0.282 e. The van der Waals surface area contributed by atoms with Gasteiger partial charge in [0.2, 0.25) is 5.91 Å². The number of nitrogens with one attached hydrogen (secondary N) is 2. The largest absolute Gasteiger partial charge is 0.355 e. The van der Waals surface area contributed by atoms with Crippen LogP contribution in [0.25, 0.3) is 0 Å². The van der Waals surface area contributed by atoms with Gasteiger partial charge in [-0.1, -0.05) is 13.8 Å². The summed E-state index contributed by atoms with van der Waals surface area (Å²) in [6, 6.07) is 0. The van der Waals surface area contributed by atoms with E-state index < -0.39 is 10.2 Å². The third kappa shape index (κ3) is 5.01. The minimum Gasteiger partial charge on any atom is -0.355 e. The molecule has 0 radical (unpaired) electrons. The molecule has 0 atom stereocenters. The molecule has 0 spiro atoms. The van der Waals surface area contributed by atoms with Crippen molar-refractivity contribution in [3.05, 3.63) is 0 Å². The molecular weight excluding hydrogens is 280 g/mol. The van der Waals surface area contributed by atoms with Crippen molar-refractivity contribution in [1.29, 1.82) is 0 Å². The van der Waals surface area contributed by atoms with E-state index in [2.05, 4.69) is 10.6 Å². The van der Waals surface area contributed by atoms with Crippen molar-refractivity contribution in [2.45, 2.75) is 26.7 Å². The zero-order valence-corrected chi connectivity index (χ0v) is 13.2. The summed E-state index contributed by atoms with van der Waals surface area (Å²) in [6.07, 6.45) is 1.52. The summed E-state index contributed by atoms with van der Waals surface area (Å²) in [5, 5.41) is 5.84. The summed E-state index contributed by atoms with van der Waals surface area (Å²) in [4.78, 5) is 11.8. The Morgan fingerprint density at radius 3 is 2.45 bits per heavy atom. The highest BCUT2D eigenvalue weighted by atomic mass is 32.2. The standard InChI is InChI=1S/C12H26N4O3S/c1-3-5-14-12(17)11-16(8-4-2)20(18,19)15-9-6-13-7-10-15/h13H,3-11H2,1-2H3,(H,14,17). The first-order valence-electron chi connectivity index (χ1n) is 7.25. The van der Waals surface area contributed by atoms with E-state index in [-0.39, 0.29) is 12.5 Å². The number of carbonyl (C=O) groups excluding carboxylic acids is 1. The Morgan fingerprint density at radius 1 is 1.25 bits per heavy atom. The fourth-order valence-corrected chi connectivity index (χ4v) is 3.71. The quantitative estimate of drug-likeness (QED) is 0.626. The van der Waals surface area contributed by atoms with Crippen molar-refractivity contribution in [3.8, 4) is 0 Å². The smallest absolute Gasteiger partial charge is 0.282 e. The maximum atomic E-state index is 12.5. The van der Waals surface area contributed by atoms with Crippen molar-refractivity contribution in [1.82, 2.24) is 19.2 Å². The minimum absolute atomic E-state index is 0.0971. The molecule has 20 heavy (non-hydrogen) atoms. The van der Waals surface area contributed by atoms with Crippen LogP contribution in [0.15, 0.2) is 0 Å². The van der Waals surface area contributed by atoms with Gasteiger partial charge < -0.3 is 10.6 Å². The topological polar surface area (TPSA) is 81.8 Å². The SMILES string of the molecule is CCCNC(=O)CN(CCC)S(=O)(=O)N1CCNCC1. The molecule has 0 aromatic rings. The van der Waals surface area contributed by atoms with Crippen LogP contribution in [0.1, 0.15) is 26.7 Å². The molecule has 2 N–H and O–H groups in total. The fraction of sp³-hybridized carbons (Fsp3) is 0.917. The Hall–Kier alpha value is -0.700. The van der Waals surface area contributed by atoms with E-state index in [4.69, 9.17) is 0 Å². The van der Waals surface area contributed by atoms with Crippen molar-refractivity contribution < 1.29 is 13.2 Å². The number of hydrogen-bond donors (Lipinski definition) is 2. The Labute approximate surface area is 121 Å². The minimum atomic E-state index is -3.54. The van der Waals surface area contributed by atoms with Gasteiger partial charge in [0.1, 0.15) is 0 Å². The first-order chi connectivity index (χ1) is 9.52. The van der Waals surface area contributed by atoms with Gasteiger partial charge >= 0.3 is 0 Å². The predicted octanol–water partition coefficient (Wildman–Crippen LogP) is -0.625. The summed E-state index contributed by atoms with van der Waals surface area (Å²) in [5.41, 5.74) is 0. The van der Waals surface area contributed by atoms with E-state index in [9.17, 15) is 13.2 Å². The van der Waals surface area contributed by atoms with Crippen LogP contribution in [-0.4, -0.2) is 68.7 Å². The lowest BCUT2D eigenvalue weighted by Gasteiger charge is -2.32. The van der Waals surface area contributed by atoms with Crippen LogP contribution in [0, 0.1) is 0 Å². The molecule has 1 heterocycles. The summed E-state index contributed by atoms with van der Waals surface area (Å²) in [7, 11) is -3.54. The molecule has 1 fully saturated rings. The Balaban J connectivity index is 2.69. The van der Waals surface area contributed by atoms with Crippen LogP contribution >= 0.6 is 0 Å². The highest BCUT2D eigenvalue weighted by Crippen LogP contribution is 2.10. The molecule has 1 amide bonds. The van der Waals surface area contributed by atoms with E-state index in [1.54, 1.807) is 0 Å². The number of piperazine rings is 1. The molecule has 0 aromatic carbocycles. The third-order valence-electron chi connectivity index (χ3n) is 3.09. The Bertz CT molecular complexity index is 394. The number of rotatable bonds is 8. The van der Waals surface area contributed by atoms with E-state index in [1.807, 2.05) is 13.8 Å². The van der Waals surface area contributed by atoms with Gasteiger partial charge in [-0.15, -0.1) is 0 Å². The third-order valence-corrected chi connectivity index (χ3v) is 5.08. The van der Waals surface area contributed by atoms with Gasteiger partial charge in [0.25, 0.3) is 10.2 Å². The summed E-state index contributed by atoms with van der Waals surface area (Å²) >= 11 is 0. The van der Waals surface area contributed by atoms with E-state index in [0.29, 0.717) is 45.7 Å². The normalized spacial score (nSPS) is 17.4. The number of hydrogen-bond acceptors (Lipinski definition) is 4. The van der Waals surface area contributed by atoms with Gasteiger partial charge in [-0.3, -0.25) is 4.79 Å². The molecule has 1 saturated heterocycles. The van der Waals surface area contributed by atoms with Crippen molar-refractivity contribution in [2.75, 3.05) is 45.8 Å². The second kappa shape index (κ2) is 8.56. The molecule has 1 aliphatic heterocycles. The molecule has 0 bridgehead atoms. The van der Waals surface area contributed by atoms with Gasteiger partial charge in [-0.2, -0.15) is 17.0 Å².